The van der Waals surface area contributed by atoms with Gasteiger partial charge in [0.25, 0.3) is 0 Å². The Morgan fingerprint density at radius 2 is 2.10 bits per heavy atom. The minimum absolute atomic E-state index is 0.123. The molecule has 0 radical (unpaired) electrons. The molecule has 2 heterocycles. The molecule has 0 aliphatic carbocycles. The van der Waals surface area contributed by atoms with Crippen molar-refractivity contribution in [2.24, 2.45) is 0 Å². The number of halogens is 1. The molecule has 3 rings (SSSR count). The first-order chi connectivity index (χ1) is 9.72. The number of hydrogen-bond donors (Lipinski definition) is 1. The van der Waals surface area contributed by atoms with E-state index in [2.05, 4.69) is 10.4 Å². The zero-order valence-electron chi connectivity index (χ0n) is 10.5. The maximum Gasteiger partial charge on any atom is 0.246 e. The summed E-state index contributed by atoms with van der Waals surface area (Å²) in [7, 11) is 0. The van der Waals surface area contributed by atoms with Crippen molar-refractivity contribution < 1.29 is 14.3 Å². The number of carbonyl (C=O) groups is 1. The molecule has 1 amide bonds. The van der Waals surface area contributed by atoms with Gasteiger partial charge in [-0.15, -0.1) is 0 Å². The lowest BCUT2D eigenvalue weighted by atomic mass is 10.2. The van der Waals surface area contributed by atoms with E-state index in [4.69, 9.17) is 21.1 Å². The molecule has 0 saturated carbocycles. The molecule has 0 spiro atoms. The van der Waals surface area contributed by atoms with Gasteiger partial charge in [-0.05, 0) is 6.07 Å². The zero-order valence-corrected chi connectivity index (χ0v) is 11.3. The Morgan fingerprint density at radius 1 is 1.35 bits per heavy atom. The van der Waals surface area contributed by atoms with Gasteiger partial charge in [-0.3, -0.25) is 9.48 Å². The molecular weight excluding hydrogens is 282 g/mol. The molecule has 20 heavy (non-hydrogen) atoms. The topological polar surface area (TPSA) is 65.4 Å². The van der Waals surface area contributed by atoms with E-state index in [-0.39, 0.29) is 12.5 Å². The minimum Gasteiger partial charge on any atom is -0.486 e. The summed E-state index contributed by atoms with van der Waals surface area (Å²) in [6.45, 7) is 1.10. The lowest BCUT2D eigenvalue weighted by Crippen LogP contribution is -2.20. The number of amides is 1. The Bertz CT molecular complexity index is 628. The summed E-state index contributed by atoms with van der Waals surface area (Å²) in [5, 5.41) is 7.11. The van der Waals surface area contributed by atoms with Gasteiger partial charge in [0.1, 0.15) is 19.8 Å². The van der Waals surface area contributed by atoms with E-state index >= 15 is 0 Å². The highest BCUT2D eigenvalue weighted by Gasteiger charge is 2.16. The first-order valence-electron chi connectivity index (χ1n) is 6.09. The SMILES string of the molecule is O=C(Cn1cccn1)Nc1cc2c(cc1Cl)OCCO2. The second-order valence-electron chi connectivity index (χ2n) is 4.23. The number of rotatable bonds is 3. The van der Waals surface area contributed by atoms with Crippen LogP contribution in [0.5, 0.6) is 11.5 Å². The minimum atomic E-state index is -0.215. The largest absolute Gasteiger partial charge is 0.486 e. The van der Waals surface area contributed by atoms with Crippen molar-refractivity contribution in [3.05, 3.63) is 35.6 Å². The molecule has 1 aromatic carbocycles. The van der Waals surface area contributed by atoms with E-state index in [1.54, 1.807) is 30.6 Å². The van der Waals surface area contributed by atoms with E-state index in [9.17, 15) is 4.79 Å². The number of hydrogen-bond acceptors (Lipinski definition) is 4. The summed E-state index contributed by atoms with van der Waals surface area (Å²) in [6.07, 6.45) is 3.33. The fourth-order valence-corrected chi connectivity index (χ4v) is 2.09. The Balaban J connectivity index is 1.75. The highest BCUT2D eigenvalue weighted by atomic mass is 35.5. The van der Waals surface area contributed by atoms with Gasteiger partial charge in [0.2, 0.25) is 5.91 Å². The summed E-state index contributed by atoms with van der Waals surface area (Å²) >= 11 is 6.11. The van der Waals surface area contributed by atoms with Crippen LogP contribution in [-0.4, -0.2) is 28.9 Å². The van der Waals surface area contributed by atoms with Crippen LogP contribution < -0.4 is 14.8 Å². The number of nitrogens with zero attached hydrogens (tertiary/aromatic N) is 2. The number of ether oxygens (including phenoxy) is 2. The van der Waals surface area contributed by atoms with Crippen molar-refractivity contribution in [3.63, 3.8) is 0 Å². The number of benzene rings is 1. The maximum absolute atomic E-state index is 11.9. The molecule has 1 aliphatic rings. The van der Waals surface area contributed by atoms with Crippen LogP contribution in [-0.2, 0) is 11.3 Å². The number of nitrogens with one attached hydrogen (secondary N) is 1. The second-order valence-corrected chi connectivity index (χ2v) is 4.63. The van der Waals surface area contributed by atoms with Gasteiger partial charge in [0.15, 0.2) is 11.5 Å². The van der Waals surface area contributed by atoms with Gasteiger partial charge in [-0.1, -0.05) is 11.6 Å². The Hall–Kier alpha value is -2.21. The van der Waals surface area contributed by atoms with Gasteiger partial charge < -0.3 is 14.8 Å². The molecular formula is C13H12ClN3O3. The lowest BCUT2D eigenvalue weighted by molar-refractivity contribution is -0.116. The fourth-order valence-electron chi connectivity index (χ4n) is 1.89. The summed E-state index contributed by atoms with van der Waals surface area (Å²) < 4.78 is 12.4. The van der Waals surface area contributed by atoms with Crippen LogP contribution in [0.25, 0.3) is 0 Å². The summed E-state index contributed by atoms with van der Waals surface area (Å²) in [6, 6.07) is 5.06. The Morgan fingerprint density at radius 3 is 2.80 bits per heavy atom. The molecule has 1 N–H and O–H groups in total. The molecule has 2 aromatic rings. The summed E-state index contributed by atoms with van der Waals surface area (Å²) in [4.78, 5) is 11.9. The average molecular weight is 294 g/mol. The standard InChI is InChI=1S/C13H12ClN3O3/c14-9-6-11-12(20-5-4-19-11)7-10(9)16-13(18)8-17-3-1-2-15-17/h1-3,6-7H,4-5,8H2,(H,16,18). The van der Waals surface area contributed by atoms with E-state index in [0.29, 0.717) is 35.4 Å². The molecule has 0 atom stereocenters. The van der Waals surface area contributed by atoms with Crippen LogP contribution in [0.4, 0.5) is 5.69 Å². The normalized spacial score (nSPS) is 13.1. The van der Waals surface area contributed by atoms with Gasteiger partial charge in [0.05, 0.1) is 10.7 Å². The molecule has 1 aliphatic heterocycles. The van der Waals surface area contributed by atoms with Crippen molar-refractivity contribution in [2.45, 2.75) is 6.54 Å². The van der Waals surface area contributed by atoms with Crippen LogP contribution in [0.1, 0.15) is 0 Å². The van der Waals surface area contributed by atoms with Crippen molar-refractivity contribution in [1.82, 2.24) is 9.78 Å². The average Bonchev–Trinajstić information content (AvgIpc) is 2.92. The number of fused-ring (bicyclic) bond motifs is 1. The predicted molar refractivity (Wildman–Crippen MR) is 73.3 cm³/mol. The van der Waals surface area contributed by atoms with Crippen molar-refractivity contribution >= 4 is 23.2 Å². The fraction of sp³-hybridized carbons (Fsp3) is 0.231. The van der Waals surface area contributed by atoms with E-state index < -0.39 is 0 Å². The van der Waals surface area contributed by atoms with Gasteiger partial charge in [0, 0.05) is 24.5 Å². The van der Waals surface area contributed by atoms with Crippen LogP contribution >= 0.6 is 11.6 Å². The van der Waals surface area contributed by atoms with Crippen LogP contribution in [0.3, 0.4) is 0 Å². The van der Waals surface area contributed by atoms with Crippen LogP contribution in [0.15, 0.2) is 30.6 Å². The van der Waals surface area contributed by atoms with Gasteiger partial charge in [-0.25, -0.2) is 0 Å². The summed E-state index contributed by atoms with van der Waals surface area (Å²) in [5.74, 6) is 0.952. The first-order valence-corrected chi connectivity index (χ1v) is 6.46. The number of carbonyl (C=O) groups excluding carboxylic acids is 1. The van der Waals surface area contributed by atoms with Crippen molar-refractivity contribution in [3.8, 4) is 11.5 Å². The smallest absolute Gasteiger partial charge is 0.246 e. The van der Waals surface area contributed by atoms with Crippen LogP contribution in [0.2, 0.25) is 5.02 Å². The Kier molecular flexibility index (Phi) is 3.47. The van der Waals surface area contributed by atoms with E-state index in [0.717, 1.165) is 0 Å². The molecule has 104 valence electrons. The molecule has 0 bridgehead atoms. The predicted octanol–water partition coefficient (Wildman–Crippen LogP) is 1.95. The molecule has 1 aromatic heterocycles. The molecule has 0 unspecified atom stereocenters. The first kappa shape index (κ1) is 12.8. The van der Waals surface area contributed by atoms with Crippen LogP contribution in [0, 0.1) is 0 Å². The van der Waals surface area contributed by atoms with Gasteiger partial charge >= 0.3 is 0 Å². The number of anilines is 1. The third-order valence-electron chi connectivity index (χ3n) is 2.77. The third-order valence-corrected chi connectivity index (χ3v) is 3.08. The van der Waals surface area contributed by atoms with Gasteiger partial charge in [-0.2, -0.15) is 5.10 Å². The highest BCUT2D eigenvalue weighted by molar-refractivity contribution is 6.34. The second kappa shape index (κ2) is 5.42. The third kappa shape index (κ3) is 2.70. The summed E-state index contributed by atoms with van der Waals surface area (Å²) in [5.41, 5.74) is 0.494. The maximum atomic E-state index is 11.9. The quantitative estimate of drug-likeness (QED) is 0.939. The molecule has 0 fully saturated rings. The van der Waals surface area contributed by atoms with E-state index in [1.807, 2.05) is 0 Å². The zero-order chi connectivity index (χ0) is 13.9. The highest BCUT2D eigenvalue weighted by Crippen LogP contribution is 2.37. The number of aromatic nitrogens is 2. The molecule has 0 saturated heterocycles. The monoisotopic (exact) mass is 293 g/mol. The lowest BCUT2D eigenvalue weighted by Gasteiger charge is -2.20. The van der Waals surface area contributed by atoms with E-state index in [1.165, 1.54) is 4.68 Å². The molecule has 7 heteroatoms. The Labute approximate surface area is 120 Å². The van der Waals surface area contributed by atoms with Crippen molar-refractivity contribution in [2.75, 3.05) is 18.5 Å². The van der Waals surface area contributed by atoms with Crippen molar-refractivity contribution in [1.29, 1.82) is 0 Å². The molecule has 6 nitrogen and oxygen atoms in total.